The molecule has 0 aliphatic heterocycles. The molecule has 114 valence electrons. The van der Waals surface area contributed by atoms with Gasteiger partial charge in [0.25, 0.3) is 0 Å². The predicted molar refractivity (Wildman–Crippen MR) is 71.7 cm³/mol. The van der Waals surface area contributed by atoms with Gasteiger partial charge in [-0.05, 0) is 0 Å². The smallest absolute Gasteiger partial charge is 0.325 e. The maximum absolute atomic E-state index is 11.9. The monoisotopic (exact) mass is 306 g/mol. The van der Waals surface area contributed by atoms with Crippen LogP contribution >= 0.6 is 11.8 Å². The van der Waals surface area contributed by atoms with Crippen molar-refractivity contribution in [3.8, 4) is 0 Å². The van der Waals surface area contributed by atoms with Gasteiger partial charge in [0.05, 0.1) is 20.0 Å². The van der Waals surface area contributed by atoms with Gasteiger partial charge >= 0.3 is 11.9 Å². The average molecular weight is 306 g/mol. The number of carbonyl (C=O) groups excluding carboxylic acids is 4. The van der Waals surface area contributed by atoms with Crippen molar-refractivity contribution in [3.63, 3.8) is 0 Å². The zero-order chi connectivity index (χ0) is 15.5. The van der Waals surface area contributed by atoms with E-state index in [1.54, 1.807) is 0 Å². The van der Waals surface area contributed by atoms with E-state index in [2.05, 4.69) is 9.47 Å². The molecule has 0 rings (SSSR count). The second kappa shape index (κ2) is 10.1. The van der Waals surface area contributed by atoms with Gasteiger partial charge in [0.1, 0.15) is 13.1 Å². The van der Waals surface area contributed by atoms with E-state index < -0.39 is 23.8 Å². The normalized spacial score (nSPS) is 9.70. The van der Waals surface area contributed by atoms with Crippen LogP contribution in [0.25, 0.3) is 0 Å². The van der Waals surface area contributed by atoms with Crippen molar-refractivity contribution in [1.29, 1.82) is 0 Å². The van der Waals surface area contributed by atoms with E-state index in [-0.39, 0.29) is 25.3 Å². The van der Waals surface area contributed by atoms with E-state index in [0.717, 1.165) is 4.90 Å². The highest BCUT2D eigenvalue weighted by molar-refractivity contribution is 7.99. The van der Waals surface area contributed by atoms with Crippen LogP contribution in [0.15, 0.2) is 0 Å². The molecule has 0 saturated carbocycles. The molecular weight excluding hydrogens is 288 g/mol. The molecule has 0 spiro atoms. The molecule has 0 heterocycles. The first kappa shape index (κ1) is 18.2. The third-order valence-electron chi connectivity index (χ3n) is 2.15. The molecule has 20 heavy (non-hydrogen) atoms. The zero-order valence-corrected chi connectivity index (χ0v) is 12.2. The number of thioether (sulfide) groups is 1. The number of hydrogen-bond donors (Lipinski definition) is 1. The summed E-state index contributed by atoms with van der Waals surface area (Å²) in [6.45, 7) is -0.657. The highest BCUT2D eigenvalue weighted by Crippen LogP contribution is 2.05. The number of esters is 2. The molecule has 0 fully saturated rings. The lowest BCUT2D eigenvalue weighted by Gasteiger charge is -2.19. The number of amides is 2. The number of nitrogens with zero attached hydrogens (tertiary/aromatic N) is 1. The molecule has 0 atom stereocenters. The standard InChI is InChI=1S/C11H18N2O6S/c1-18-10(16)5-13(6-11(17)19-2)9(15)3-4-20-7-8(12)14/h3-7H2,1-2H3,(H2,12,14). The quantitative estimate of drug-likeness (QED) is 0.419. The fraction of sp³-hybridized carbons (Fsp3) is 0.636. The predicted octanol–water partition coefficient (Wildman–Crippen LogP) is -1.23. The summed E-state index contributed by atoms with van der Waals surface area (Å²) in [5.74, 6) is -1.66. The number of rotatable bonds is 9. The van der Waals surface area contributed by atoms with Crippen LogP contribution in [0, 0.1) is 0 Å². The van der Waals surface area contributed by atoms with E-state index in [0.29, 0.717) is 5.75 Å². The molecule has 0 saturated heterocycles. The summed E-state index contributed by atoms with van der Waals surface area (Å²) in [6.07, 6.45) is 0.0753. The first-order valence-corrected chi connectivity index (χ1v) is 6.83. The summed E-state index contributed by atoms with van der Waals surface area (Å²) in [4.78, 5) is 45.8. The third kappa shape index (κ3) is 8.35. The lowest BCUT2D eigenvalue weighted by molar-refractivity contribution is -0.151. The number of primary amides is 1. The zero-order valence-electron chi connectivity index (χ0n) is 11.4. The Morgan fingerprint density at radius 3 is 1.95 bits per heavy atom. The number of carbonyl (C=O) groups is 4. The molecule has 8 nitrogen and oxygen atoms in total. The molecular formula is C11H18N2O6S. The van der Waals surface area contributed by atoms with E-state index in [1.165, 1.54) is 26.0 Å². The third-order valence-corrected chi connectivity index (χ3v) is 3.13. The Kier molecular flexibility index (Phi) is 9.18. The maximum atomic E-state index is 11.9. The van der Waals surface area contributed by atoms with Crippen LogP contribution in [0.5, 0.6) is 0 Å². The summed E-state index contributed by atoms with van der Waals surface area (Å²) in [6, 6.07) is 0. The first-order chi connectivity index (χ1) is 9.40. The summed E-state index contributed by atoms with van der Waals surface area (Å²) in [5, 5.41) is 0. The van der Waals surface area contributed by atoms with Crippen molar-refractivity contribution in [3.05, 3.63) is 0 Å². The van der Waals surface area contributed by atoms with Crippen molar-refractivity contribution < 1.29 is 28.7 Å². The van der Waals surface area contributed by atoms with Crippen LogP contribution < -0.4 is 5.73 Å². The minimum atomic E-state index is -0.632. The van der Waals surface area contributed by atoms with Gasteiger partial charge in [-0.25, -0.2) is 0 Å². The van der Waals surface area contributed by atoms with Crippen molar-refractivity contribution in [2.45, 2.75) is 6.42 Å². The minimum absolute atomic E-state index is 0.0753. The second-order valence-corrected chi connectivity index (χ2v) is 4.78. The Balaban J connectivity index is 4.35. The summed E-state index contributed by atoms with van der Waals surface area (Å²) in [7, 11) is 2.37. The van der Waals surface area contributed by atoms with Crippen LogP contribution in [-0.4, -0.2) is 67.5 Å². The van der Waals surface area contributed by atoms with Gasteiger partial charge in [0.2, 0.25) is 11.8 Å². The molecule has 9 heteroatoms. The minimum Gasteiger partial charge on any atom is -0.468 e. The van der Waals surface area contributed by atoms with Crippen molar-refractivity contribution in [2.75, 3.05) is 38.8 Å². The lowest BCUT2D eigenvalue weighted by atomic mass is 10.3. The summed E-state index contributed by atoms with van der Waals surface area (Å²) in [5.41, 5.74) is 4.96. The SMILES string of the molecule is COC(=O)CN(CC(=O)OC)C(=O)CCSCC(N)=O. The van der Waals surface area contributed by atoms with Gasteiger partial charge in [-0.1, -0.05) is 0 Å². The van der Waals surface area contributed by atoms with Gasteiger partial charge < -0.3 is 20.1 Å². The maximum Gasteiger partial charge on any atom is 0.325 e. The molecule has 0 radical (unpaired) electrons. The van der Waals surface area contributed by atoms with E-state index in [1.807, 2.05) is 0 Å². The Morgan fingerprint density at radius 2 is 1.55 bits per heavy atom. The van der Waals surface area contributed by atoms with E-state index in [4.69, 9.17) is 5.73 Å². The van der Waals surface area contributed by atoms with Crippen LogP contribution in [0.2, 0.25) is 0 Å². The number of ether oxygens (including phenoxy) is 2. The van der Waals surface area contributed by atoms with Crippen molar-refractivity contribution in [2.24, 2.45) is 5.73 Å². The summed E-state index contributed by atoms with van der Waals surface area (Å²) < 4.78 is 8.90. The fourth-order valence-corrected chi connectivity index (χ4v) is 1.83. The van der Waals surface area contributed by atoms with Crippen molar-refractivity contribution in [1.82, 2.24) is 4.90 Å². The second-order valence-electron chi connectivity index (χ2n) is 3.67. The van der Waals surface area contributed by atoms with Gasteiger partial charge in [-0.2, -0.15) is 11.8 Å². The van der Waals surface area contributed by atoms with Crippen LogP contribution in [0.4, 0.5) is 0 Å². The van der Waals surface area contributed by atoms with Gasteiger partial charge in [0, 0.05) is 12.2 Å². The Labute approximate surface area is 120 Å². The Hall–Kier alpha value is -1.77. The lowest BCUT2D eigenvalue weighted by Crippen LogP contribution is -2.40. The fourth-order valence-electron chi connectivity index (χ4n) is 1.16. The molecule has 0 unspecified atom stereocenters. The highest BCUT2D eigenvalue weighted by Gasteiger charge is 2.20. The van der Waals surface area contributed by atoms with E-state index >= 15 is 0 Å². The largest absolute Gasteiger partial charge is 0.468 e. The Bertz CT molecular complexity index is 356. The van der Waals surface area contributed by atoms with Crippen LogP contribution in [0.1, 0.15) is 6.42 Å². The van der Waals surface area contributed by atoms with Gasteiger partial charge in [-0.15, -0.1) is 0 Å². The molecule has 0 aromatic heterocycles. The molecule has 0 bridgehead atoms. The van der Waals surface area contributed by atoms with Crippen molar-refractivity contribution >= 4 is 35.5 Å². The molecule has 0 aliphatic carbocycles. The molecule has 0 aromatic rings. The summed E-state index contributed by atoms with van der Waals surface area (Å²) >= 11 is 1.20. The first-order valence-electron chi connectivity index (χ1n) is 5.68. The number of methoxy groups -OCH3 is 2. The number of hydrogen-bond acceptors (Lipinski definition) is 7. The van der Waals surface area contributed by atoms with Gasteiger partial charge in [-0.3, -0.25) is 19.2 Å². The Morgan fingerprint density at radius 1 is 1.05 bits per heavy atom. The highest BCUT2D eigenvalue weighted by atomic mass is 32.2. The molecule has 2 N–H and O–H groups in total. The molecule has 2 amide bonds. The topological polar surface area (TPSA) is 116 Å². The van der Waals surface area contributed by atoms with Crippen LogP contribution in [-0.2, 0) is 28.7 Å². The van der Waals surface area contributed by atoms with E-state index in [9.17, 15) is 19.2 Å². The van der Waals surface area contributed by atoms with Crippen LogP contribution in [0.3, 0.4) is 0 Å². The number of nitrogens with two attached hydrogens (primary N) is 1. The molecule has 0 aromatic carbocycles. The van der Waals surface area contributed by atoms with Gasteiger partial charge in [0.15, 0.2) is 0 Å². The molecule has 0 aliphatic rings. The average Bonchev–Trinajstić information content (AvgIpc) is 2.41.